The van der Waals surface area contributed by atoms with Crippen LogP contribution in [0, 0.1) is 6.92 Å². The number of hydrogen-bond donors (Lipinski definition) is 0. The maximum Gasteiger partial charge on any atom is 0.278 e. The smallest absolute Gasteiger partial charge is 0.278 e. The summed E-state index contributed by atoms with van der Waals surface area (Å²) >= 11 is 5.98. The second kappa shape index (κ2) is 6.89. The van der Waals surface area contributed by atoms with Crippen molar-refractivity contribution in [3.05, 3.63) is 76.4 Å². The summed E-state index contributed by atoms with van der Waals surface area (Å²) in [6.07, 6.45) is -0.0666. The lowest BCUT2D eigenvalue weighted by atomic mass is 10.1. The predicted octanol–water partition coefficient (Wildman–Crippen LogP) is 4.83. The Morgan fingerprint density at radius 2 is 1.96 bits per heavy atom. The van der Waals surface area contributed by atoms with E-state index >= 15 is 0 Å². The minimum atomic E-state index is -0.0666. The lowest BCUT2D eigenvalue weighted by molar-refractivity contribution is -0.00112. The second-order valence-electron chi connectivity index (χ2n) is 6.85. The van der Waals surface area contributed by atoms with E-state index in [1.54, 1.807) is 0 Å². The summed E-state index contributed by atoms with van der Waals surface area (Å²) in [7, 11) is 0. The molecule has 1 aliphatic heterocycles. The molecule has 0 fully saturated rings. The summed E-state index contributed by atoms with van der Waals surface area (Å²) in [6.45, 7) is 3.13. The van der Waals surface area contributed by atoms with Crippen LogP contribution < -0.4 is 0 Å². The third kappa shape index (κ3) is 3.21. The highest BCUT2D eigenvalue weighted by Crippen LogP contribution is 2.30. The van der Waals surface area contributed by atoms with Crippen LogP contribution in [0.25, 0.3) is 23.0 Å². The predicted molar refractivity (Wildman–Crippen MR) is 105 cm³/mol. The highest BCUT2D eigenvalue weighted by atomic mass is 35.5. The van der Waals surface area contributed by atoms with Gasteiger partial charge in [0, 0.05) is 10.6 Å². The van der Waals surface area contributed by atoms with Crippen molar-refractivity contribution in [3.8, 4) is 23.0 Å². The molecular weight excluding hydrogens is 376 g/mol. The third-order valence-corrected chi connectivity index (χ3v) is 5.05. The molecule has 4 aromatic rings. The molecule has 0 radical (unpaired) electrons. The zero-order valence-electron chi connectivity index (χ0n) is 15.2. The van der Waals surface area contributed by atoms with Gasteiger partial charge in [0.1, 0.15) is 6.10 Å². The first-order chi connectivity index (χ1) is 13.7. The molecule has 140 valence electrons. The molecule has 7 heteroatoms. The molecule has 0 bridgehead atoms. The van der Waals surface area contributed by atoms with Crippen molar-refractivity contribution in [2.75, 3.05) is 0 Å². The number of nitrogens with zero attached hydrogens (tertiary/aromatic N) is 4. The fourth-order valence-corrected chi connectivity index (χ4v) is 3.46. The molecule has 1 unspecified atom stereocenters. The minimum Gasteiger partial charge on any atom is -0.365 e. The van der Waals surface area contributed by atoms with Gasteiger partial charge in [-0.3, -0.25) is 4.68 Å². The molecule has 0 N–H and O–H groups in total. The number of aryl methyl sites for hydroxylation is 1. The van der Waals surface area contributed by atoms with E-state index in [9.17, 15) is 0 Å². The maximum absolute atomic E-state index is 6.00. The van der Waals surface area contributed by atoms with E-state index in [-0.39, 0.29) is 6.10 Å². The van der Waals surface area contributed by atoms with Crippen LogP contribution in [-0.2, 0) is 17.9 Å². The first-order valence-electron chi connectivity index (χ1n) is 9.00. The first kappa shape index (κ1) is 17.2. The van der Waals surface area contributed by atoms with Gasteiger partial charge in [-0.25, -0.2) is 0 Å². The topological polar surface area (TPSA) is 66.0 Å². The summed E-state index contributed by atoms with van der Waals surface area (Å²) in [5.74, 6) is 0.960. The Morgan fingerprint density at radius 3 is 2.79 bits per heavy atom. The van der Waals surface area contributed by atoms with Gasteiger partial charge in [0.25, 0.3) is 5.89 Å². The van der Waals surface area contributed by atoms with E-state index in [1.807, 2.05) is 66.2 Å². The van der Waals surface area contributed by atoms with Crippen molar-refractivity contribution >= 4 is 11.6 Å². The van der Waals surface area contributed by atoms with E-state index in [0.717, 1.165) is 22.4 Å². The first-order valence-corrected chi connectivity index (χ1v) is 9.38. The van der Waals surface area contributed by atoms with Crippen LogP contribution in [0.15, 0.2) is 59.1 Å². The molecule has 1 atom stereocenters. The molecule has 5 rings (SSSR count). The van der Waals surface area contributed by atoms with Crippen LogP contribution >= 0.6 is 11.6 Å². The van der Waals surface area contributed by atoms with E-state index in [2.05, 4.69) is 15.2 Å². The lowest BCUT2D eigenvalue weighted by Gasteiger charge is -2.24. The van der Waals surface area contributed by atoms with Crippen molar-refractivity contribution < 1.29 is 9.26 Å². The summed E-state index contributed by atoms with van der Waals surface area (Å²) in [5, 5.41) is 9.47. The van der Waals surface area contributed by atoms with Crippen LogP contribution in [0.2, 0.25) is 5.02 Å². The maximum atomic E-state index is 6.00. The Bertz CT molecular complexity index is 1130. The summed E-state index contributed by atoms with van der Waals surface area (Å²) < 4.78 is 13.4. The average Bonchev–Trinajstić information content (AvgIpc) is 3.35. The molecule has 28 heavy (non-hydrogen) atoms. The van der Waals surface area contributed by atoms with Crippen LogP contribution in [0.3, 0.4) is 0 Å². The van der Waals surface area contributed by atoms with Crippen molar-refractivity contribution in [1.29, 1.82) is 0 Å². The second-order valence-corrected chi connectivity index (χ2v) is 7.28. The quantitative estimate of drug-likeness (QED) is 0.499. The molecule has 2 aromatic carbocycles. The number of halogens is 1. The van der Waals surface area contributed by atoms with Crippen molar-refractivity contribution in [2.24, 2.45) is 0 Å². The average molecular weight is 393 g/mol. The van der Waals surface area contributed by atoms with Crippen LogP contribution in [0.1, 0.15) is 22.9 Å². The van der Waals surface area contributed by atoms with Crippen LogP contribution in [0.5, 0.6) is 0 Å². The van der Waals surface area contributed by atoms with Gasteiger partial charge >= 0.3 is 0 Å². The highest BCUT2D eigenvalue weighted by molar-refractivity contribution is 6.30. The lowest BCUT2D eigenvalue weighted by Crippen LogP contribution is -2.21. The normalized spacial score (nSPS) is 16.1. The number of rotatable bonds is 3. The molecule has 3 heterocycles. The minimum absolute atomic E-state index is 0.0666. The molecule has 0 amide bonds. The Morgan fingerprint density at radius 1 is 1.11 bits per heavy atom. The standard InChI is InChI=1S/C21H17ClN4O2/c1-13-3-2-4-15(9-13)20-23-21(28-25-20)18-10-17-12-27-19(11-26(17)24-18)14-5-7-16(22)8-6-14/h2-10,19H,11-12H2,1H3. The van der Waals surface area contributed by atoms with E-state index in [1.165, 1.54) is 0 Å². The molecular formula is C21H17ClN4O2. The molecule has 1 aliphatic rings. The van der Waals surface area contributed by atoms with Crippen molar-refractivity contribution in [2.45, 2.75) is 26.2 Å². The summed E-state index contributed by atoms with van der Waals surface area (Å²) in [5.41, 5.74) is 4.78. The van der Waals surface area contributed by atoms with E-state index < -0.39 is 0 Å². The Hall–Kier alpha value is -2.96. The SMILES string of the molecule is Cc1cccc(-c2noc(-c3cc4n(n3)CC(c3ccc(Cl)cc3)OC4)n2)c1. The zero-order chi connectivity index (χ0) is 19.1. The van der Waals surface area contributed by atoms with Gasteiger partial charge in [0.15, 0.2) is 5.69 Å². The Kier molecular flexibility index (Phi) is 4.22. The number of fused-ring (bicyclic) bond motifs is 1. The fourth-order valence-electron chi connectivity index (χ4n) is 3.34. The Balaban J connectivity index is 1.40. The number of ether oxygens (including phenoxy) is 1. The van der Waals surface area contributed by atoms with Gasteiger partial charge in [-0.2, -0.15) is 10.1 Å². The van der Waals surface area contributed by atoms with Crippen molar-refractivity contribution in [3.63, 3.8) is 0 Å². The van der Waals surface area contributed by atoms with E-state index in [4.69, 9.17) is 20.9 Å². The van der Waals surface area contributed by atoms with Crippen molar-refractivity contribution in [1.82, 2.24) is 19.9 Å². The van der Waals surface area contributed by atoms with Gasteiger partial charge in [-0.1, -0.05) is 52.7 Å². The molecule has 0 saturated carbocycles. The van der Waals surface area contributed by atoms with E-state index in [0.29, 0.717) is 35.6 Å². The van der Waals surface area contributed by atoms with Crippen LogP contribution in [-0.4, -0.2) is 19.9 Å². The molecule has 6 nitrogen and oxygen atoms in total. The molecule has 2 aromatic heterocycles. The monoisotopic (exact) mass is 392 g/mol. The van der Waals surface area contributed by atoms with Gasteiger partial charge < -0.3 is 9.26 Å². The highest BCUT2D eigenvalue weighted by Gasteiger charge is 2.24. The summed E-state index contributed by atoms with van der Waals surface area (Å²) in [4.78, 5) is 4.51. The molecule has 0 aliphatic carbocycles. The van der Waals surface area contributed by atoms with Gasteiger partial charge in [0.2, 0.25) is 5.82 Å². The fraction of sp³-hybridized carbons (Fsp3) is 0.190. The van der Waals surface area contributed by atoms with Crippen LogP contribution in [0.4, 0.5) is 0 Å². The Labute approximate surface area is 166 Å². The van der Waals surface area contributed by atoms with Gasteiger partial charge in [0.05, 0.1) is 18.8 Å². The number of aromatic nitrogens is 4. The molecule has 0 saturated heterocycles. The molecule has 0 spiro atoms. The largest absolute Gasteiger partial charge is 0.365 e. The number of hydrogen-bond acceptors (Lipinski definition) is 5. The third-order valence-electron chi connectivity index (χ3n) is 4.80. The zero-order valence-corrected chi connectivity index (χ0v) is 15.9. The van der Waals surface area contributed by atoms with Gasteiger partial charge in [-0.15, -0.1) is 0 Å². The summed E-state index contributed by atoms with van der Waals surface area (Å²) in [6, 6.07) is 17.6. The van der Waals surface area contributed by atoms with Gasteiger partial charge in [-0.05, 0) is 36.8 Å². The number of benzene rings is 2.